The molecule has 0 radical (unpaired) electrons. The van der Waals surface area contributed by atoms with Crippen molar-refractivity contribution in [3.8, 4) is 28.0 Å². The first-order valence-corrected chi connectivity index (χ1v) is 13.3. The molecule has 0 amide bonds. The molecule has 0 spiro atoms. The molecule has 1 aromatic carbocycles. The number of anilines is 1. The van der Waals surface area contributed by atoms with Crippen LogP contribution < -0.4 is 14.2 Å². The first-order valence-electron chi connectivity index (χ1n) is 10.8. The predicted octanol–water partition coefficient (Wildman–Crippen LogP) is 3.41. The van der Waals surface area contributed by atoms with Gasteiger partial charge in [-0.1, -0.05) is 13.0 Å². The lowest BCUT2D eigenvalue weighted by Crippen LogP contribution is -2.31. The lowest BCUT2D eigenvalue weighted by molar-refractivity contribution is 0.391. The van der Waals surface area contributed by atoms with Crippen LogP contribution in [0.1, 0.15) is 24.9 Å². The summed E-state index contributed by atoms with van der Waals surface area (Å²) in [5, 5.41) is 9.86. The van der Waals surface area contributed by atoms with Gasteiger partial charge >= 0.3 is 0 Å². The molecule has 0 aliphatic heterocycles. The summed E-state index contributed by atoms with van der Waals surface area (Å²) in [6.45, 7) is 3.57. The molecule has 190 valence electrons. The van der Waals surface area contributed by atoms with Crippen LogP contribution in [0.25, 0.3) is 16.5 Å². The Morgan fingerprint density at radius 2 is 1.81 bits per heavy atom. The minimum Gasteiger partial charge on any atom is -0.494 e. The quantitative estimate of drug-likeness (QED) is 0.325. The number of benzene rings is 1. The van der Waals surface area contributed by atoms with Gasteiger partial charge in [-0.3, -0.25) is 9.29 Å². The number of sulfonamides is 1. The molecule has 1 N–H and O–H groups in total. The number of methoxy groups -OCH3 is 2. The normalized spacial score (nSPS) is 12.4. The number of para-hydroxylation sites is 1. The minimum absolute atomic E-state index is 0.0171. The van der Waals surface area contributed by atoms with Gasteiger partial charge in [-0.05, 0) is 25.5 Å². The van der Waals surface area contributed by atoms with Gasteiger partial charge < -0.3 is 9.47 Å². The zero-order chi connectivity index (χ0) is 25.9. The van der Waals surface area contributed by atoms with Crippen LogP contribution in [0.15, 0.2) is 36.0 Å². The molecule has 4 rings (SSSR count). The highest BCUT2D eigenvalue weighted by Gasteiger charge is 2.30. The van der Waals surface area contributed by atoms with Gasteiger partial charge in [-0.2, -0.15) is 0 Å². The highest BCUT2D eigenvalue weighted by atomic mass is 32.2. The van der Waals surface area contributed by atoms with Gasteiger partial charge in [0.2, 0.25) is 16.0 Å². The van der Waals surface area contributed by atoms with Gasteiger partial charge in [0.25, 0.3) is 0 Å². The third-order valence-corrected chi connectivity index (χ3v) is 8.11. The highest BCUT2D eigenvalue weighted by molar-refractivity contribution is 7.93. The molecule has 4 aromatic rings. The van der Waals surface area contributed by atoms with Crippen molar-refractivity contribution in [2.75, 3.05) is 18.9 Å². The zero-order valence-electron chi connectivity index (χ0n) is 20.0. The maximum absolute atomic E-state index is 13.4. The average molecular weight is 534 g/mol. The number of aryl methyl sites for hydroxylation is 1. The fourth-order valence-corrected chi connectivity index (χ4v) is 5.67. The monoisotopic (exact) mass is 533 g/mol. The summed E-state index contributed by atoms with van der Waals surface area (Å²) in [7, 11) is -1.02. The topological polar surface area (TPSA) is 134 Å². The molecule has 0 unspecified atom stereocenters. The molecular formula is C22H24FN7O4S2. The van der Waals surface area contributed by atoms with E-state index in [1.807, 2.05) is 12.3 Å². The first-order chi connectivity index (χ1) is 17.3. The van der Waals surface area contributed by atoms with Crippen LogP contribution in [0.3, 0.4) is 0 Å². The molecule has 3 heterocycles. The van der Waals surface area contributed by atoms with Gasteiger partial charge in [0.15, 0.2) is 16.6 Å². The Balaban J connectivity index is 1.81. The maximum atomic E-state index is 13.4. The summed E-state index contributed by atoms with van der Waals surface area (Å²) < 4.78 is 55.3. The van der Waals surface area contributed by atoms with Crippen molar-refractivity contribution in [1.29, 1.82) is 0 Å². The van der Waals surface area contributed by atoms with Crippen molar-refractivity contribution >= 4 is 27.3 Å². The van der Waals surface area contributed by atoms with Gasteiger partial charge in [0, 0.05) is 17.5 Å². The minimum atomic E-state index is -4.01. The van der Waals surface area contributed by atoms with Crippen molar-refractivity contribution in [1.82, 2.24) is 29.7 Å². The van der Waals surface area contributed by atoms with Gasteiger partial charge in [0.1, 0.15) is 23.0 Å². The molecule has 14 heteroatoms. The molecule has 0 fully saturated rings. The first kappa shape index (κ1) is 25.4. The summed E-state index contributed by atoms with van der Waals surface area (Å²) in [5.41, 5.74) is 1.19. The Bertz CT molecular complexity index is 1430. The largest absolute Gasteiger partial charge is 0.494 e. The van der Waals surface area contributed by atoms with E-state index in [-0.39, 0.29) is 24.6 Å². The smallest absolute Gasteiger partial charge is 0.243 e. The van der Waals surface area contributed by atoms with Crippen LogP contribution in [0.2, 0.25) is 0 Å². The number of hydrogen-bond acceptors (Lipinski definition) is 10. The molecule has 0 saturated heterocycles. The summed E-state index contributed by atoms with van der Waals surface area (Å²) in [6.07, 6.45) is 2.24. The van der Waals surface area contributed by atoms with Crippen LogP contribution in [0.4, 0.5) is 10.3 Å². The SMILES string of the molecule is CC[C@H](Cc1ncc(F)cn1)S(=O)(=O)Nc1nnc(-c2nc(C)cs2)n1-c1c(OC)cccc1OC. The lowest BCUT2D eigenvalue weighted by Gasteiger charge is -2.19. The average Bonchev–Trinajstić information content (AvgIpc) is 3.48. The van der Waals surface area contributed by atoms with Crippen LogP contribution >= 0.6 is 11.3 Å². The number of nitrogens with zero attached hydrogens (tertiary/aromatic N) is 6. The summed E-state index contributed by atoms with van der Waals surface area (Å²) in [5.74, 6) is 0.673. The number of halogens is 1. The maximum Gasteiger partial charge on any atom is 0.243 e. The number of thiazole rings is 1. The van der Waals surface area contributed by atoms with E-state index in [0.717, 1.165) is 18.1 Å². The van der Waals surface area contributed by atoms with E-state index in [0.29, 0.717) is 28.0 Å². The Morgan fingerprint density at radius 1 is 1.14 bits per heavy atom. The fourth-order valence-electron chi connectivity index (χ4n) is 3.54. The Labute approximate surface area is 211 Å². The van der Waals surface area contributed by atoms with E-state index in [9.17, 15) is 12.8 Å². The number of nitrogens with one attached hydrogen (secondary N) is 1. The molecule has 0 bridgehead atoms. The van der Waals surface area contributed by atoms with E-state index in [4.69, 9.17) is 9.47 Å². The predicted molar refractivity (Wildman–Crippen MR) is 133 cm³/mol. The summed E-state index contributed by atoms with van der Waals surface area (Å²) >= 11 is 1.34. The molecule has 11 nitrogen and oxygen atoms in total. The molecule has 36 heavy (non-hydrogen) atoms. The van der Waals surface area contributed by atoms with Crippen molar-refractivity contribution < 1.29 is 22.3 Å². The standard InChI is InChI=1S/C22H24FN7O4S2/c1-5-15(9-18-24-10-14(23)11-25-18)36(31,32)29-22-28-27-20(21-26-13(2)12-35-21)30(22)19-16(33-3)7-6-8-17(19)34-4/h6-8,10-12,15H,5,9H2,1-4H3,(H,28,29)/t15-/m1/s1. The third kappa shape index (κ3) is 5.14. The van der Waals surface area contributed by atoms with Crippen LogP contribution in [0.5, 0.6) is 11.5 Å². The zero-order valence-corrected chi connectivity index (χ0v) is 21.6. The third-order valence-electron chi connectivity index (χ3n) is 5.31. The summed E-state index contributed by atoms with van der Waals surface area (Å²) in [4.78, 5) is 12.3. The number of ether oxygens (including phenoxy) is 2. The van der Waals surface area contributed by atoms with Gasteiger partial charge in [0.05, 0.1) is 31.9 Å². The van der Waals surface area contributed by atoms with Crippen molar-refractivity contribution in [3.05, 3.63) is 53.3 Å². The van der Waals surface area contributed by atoms with E-state index in [1.165, 1.54) is 30.1 Å². The second-order valence-corrected chi connectivity index (χ2v) is 10.5. The molecular weight excluding hydrogens is 509 g/mol. The van der Waals surface area contributed by atoms with Crippen LogP contribution in [-0.4, -0.2) is 57.6 Å². The molecule has 1 atom stereocenters. The van der Waals surface area contributed by atoms with E-state index in [2.05, 4.69) is 29.9 Å². The molecule has 0 aliphatic carbocycles. The van der Waals surface area contributed by atoms with Crippen molar-refractivity contribution in [2.24, 2.45) is 0 Å². The molecule has 3 aromatic heterocycles. The number of aromatic nitrogens is 6. The fraction of sp³-hybridized carbons (Fsp3) is 0.318. The Morgan fingerprint density at radius 3 is 2.36 bits per heavy atom. The van der Waals surface area contributed by atoms with Crippen LogP contribution in [0, 0.1) is 12.7 Å². The van der Waals surface area contributed by atoms with Gasteiger partial charge in [-0.15, -0.1) is 21.5 Å². The molecule has 0 saturated carbocycles. The van der Waals surface area contributed by atoms with Crippen molar-refractivity contribution in [3.63, 3.8) is 0 Å². The lowest BCUT2D eigenvalue weighted by atomic mass is 10.2. The number of hydrogen-bond donors (Lipinski definition) is 1. The van der Waals surface area contributed by atoms with E-state index in [1.54, 1.807) is 25.1 Å². The van der Waals surface area contributed by atoms with E-state index >= 15 is 0 Å². The summed E-state index contributed by atoms with van der Waals surface area (Å²) in [6, 6.07) is 5.18. The second kappa shape index (κ2) is 10.5. The van der Waals surface area contributed by atoms with Crippen LogP contribution in [-0.2, 0) is 16.4 Å². The Hall–Kier alpha value is -3.65. The van der Waals surface area contributed by atoms with E-state index < -0.39 is 21.1 Å². The van der Waals surface area contributed by atoms with Gasteiger partial charge in [-0.25, -0.2) is 27.8 Å². The second-order valence-electron chi connectivity index (χ2n) is 7.69. The number of rotatable bonds is 10. The molecule has 0 aliphatic rings. The highest BCUT2D eigenvalue weighted by Crippen LogP contribution is 2.38. The van der Waals surface area contributed by atoms with Crippen molar-refractivity contribution in [2.45, 2.75) is 31.9 Å². The Kier molecular flexibility index (Phi) is 7.45.